The van der Waals surface area contributed by atoms with E-state index in [1.807, 2.05) is 42.5 Å². The van der Waals surface area contributed by atoms with Gasteiger partial charge in [-0.25, -0.2) is 0 Å². The lowest BCUT2D eigenvalue weighted by Crippen LogP contribution is -1.90. The zero-order chi connectivity index (χ0) is 14.7. The van der Waals surface area contributed by atoms with Crippen LogP contribution in [0.4, 0.5) is 0 Å². The topological polar surface area (TPSA) is 17.1 Å². The minimum absolute atomic E-state index is 0.0981. The van der Waals surface area contributed by atoms with Crippen LogP contribution in [0.1, 0.15) is 17.3 Å². The van der Waals surface area contributed by atoms with Gasteiger partial charge in [-0.2, -0.15) is 0 Å². The number of hydrogen-bond donors (Lipinski definition) is 0. The van der Waals surface area contributed by atoms with E-state index < -0.39 is 0 Å². The third-order valence-corrected chi connectivity index (χ3v) is 3.62. The first-order valence-corrected chi connectivity index (χ1v) is 7.01. The lowest BCUT2D eigenvalue weighted by atomic mass is 9.99. The number of carbonyl (C=O) groups is 1. The SMILES string of the molecule is CC(=O)c1ccc(-c2ccc(-c3ccccc3)cc2)cc1. The monoisotopic (exact) mass is 272 g/mol. The van der Waals surface area contributed by atoms with Gasteiger partial charge in [0, 0.05) is 5.56 Å². The molecule has 102 valence electrons. The smallest absolute Gasteiger partial charge is 0.159 e. The van der Waals surface area contributed by atoms with Crippen LogP contribution in [0.5, 0.6) is 0 Å². The van der Waals surface area contributed by atoms with Crippen molar-refractivity contribution in [3.05, 3.63) is 84.4 Å². The van der Waals surface area contributed by atoms with E-state index in [2.05, 4.69) is 36.4 Å². The Morgan fingerprint density at radius 1 is 0.571 bits per heavy atom. The van der Waals surface area contributed by atoms with Gasteiger partial charge in [-0.05, 0) is 29.2 Å². The quantitative estimate of drug-likeness (QED) is 0.597. The van der Waals surface area contributed by atoms with Gasteiger partial charge in [-0.3, -0.25) is 4.79 Å². The van der Waals surface area contributed by atoms with E-state index in [4.69, 9.17) is 0 Å². The summed E-state index contributed by atoms with van der Waals surface area (Å²) in [7, 11) is 0. The van der Waals surface area contributed by atoms with Gasteiger partial charge >= 0.3 is 0 Å². The average Bonchev–Trinajstić information content (AvgIpc) is 2.56. The number of benzene rings is 3. The van der Waals surface area contributed by atoms with Gasteiger partial charge in [0.2, 0.25) is 0 Å². The molecule has 3 rings (SSSR count). The molecule has 0 aliphatic rings. The van der Waals surface area contributed by atoms with Gasteiger partial charge in [0.25, 0.3) is 0 Å². The van der Waals surface area contributed by atoms with Crippen LogP contribution in [-0.2, 0) is 0 Å². The molecule has 0 saturated heterocycles. The summed E-state index contributed by atoms with van der Waals surface area (Å²) in [5.74, 6) is 0.0981. The lowest BCUT2D eigenvalue weighted by Gasteiger charge is -2.05. The summed E-state index contributed by atoms with van der Waals surface area (Å²) in [5.41, 5.74) is 5.46. The number of hydrogen-bond acceptors (Lipinski definition) is 1. The molecule has 0 radical (unpaired) electrons. The Hall–Kier alpha value is -2.67. The van der Waals surface area contributed by atoms with Crippen LogP contribution in [-0.4, -0.2) is 5.78 Å². The van der Waals surface area contributed by atoms with Crippen molar-refractivity contribution in [2.75, 3.05) is 0 Å². The summed E-state index contributed by atoms with van der Waals surface area (Å²) in [6, 6.07) is 26.6. The van der Waals surface area contributed by atoms with Crippen LogP contribution in [0.3, 0.4) is 0 Å². The van der Waals surface area contributed by atoms with Crippen LogP contribution >= 0.6 is 0 Å². The summed E-state index contributed by atoms with van der Waals surface area (Å²) in [6.07, 6.45) is 0. The lowest BCUT2D eigenvalue weighted by molar-refractivity contribution is 0.101. The molecule has 0 aromatic heterocycles. The third kappa shape index (κ3) is 2.92. The summed E-state index contributed by atoms with van der Waals surface area (Å²) in [6.45, 7) is 1.59. The predicted octanol–water partition coefficient (Wildman–Crippen LogP) is 5.22. The third-order valence-electron chi connectivity index (χ3n) is 3.62. The van der Waals surface area contributed by atoms with Crippen molar-refractivity contribution in [3.63, 3.8) is 0 Å². The number of Topliss-reactive ketones (excluding diaryl/α,β-unsaturated/α-hetero) is 1. The zero-order valence-corrected chi connectivity index (χ0v) is 11.9. The van der Waals surface area contributed by atoms with Gasteiger partial charge in [-0.15, -0.1) is 0 Å². The van der Waals surface area contributed by atoms with Crippen molar-refractivity contribution in [3.8, 4) is 22.3 Å². The average molecular weight is 272 g/mol. The van der Waals surface area contributed by atoms with Gasteiger partial charge in [0.15, 0.2) is 5.78 Å². The van der Waals surface area contributed by atoms with Crippen molar-refractivity contribution >= 4 is 5.78 Å². The van der Waals surface area contributed by atoms with Crippen molar-refractivity contribution < 1.29 is 4.79 Å². The maximum absolute atomic E-state index is 11.3. The zero-order valence-electron chi connectivity index (χ0n) is 11.9. The van der Waals surface area contributed by atoms with Gasteiger partial charge in [0.1, 0.15) is 0 Å². The summed E-state index contributed by atoms with van der Waals surface area (Å²) < 4.78 is 0. The number of ketones is 1. The standard InChI is InChI=1S/C20H16O/c1-15(21)16-7-9-19(10-8-16)20-13-11-18(12-14-20)17-5-3-2-4-6-17/h2-14H,1H3. The Kier molecular flexibility index (Phi) is 3.65. The molecule has 0 saturated carbocycles. The maximum atomic E-state index is 11.3. The van der Waals surface area contributed by atoms with Crippen molar-refractivity contribution in [2.24, 2.45) is 0 Å². The molecular formula is C20H16O. The molecule has 1 heteroatoms. The van der Waals surface area contributed by atoms with Crippen LogP contribution in [0, 0.1) is 0 Å². The Morgan fingerprint density at radius 3 is 1.38 bits per heavy atom. The highest BCUT2D eigenvalue weighted by molar-refractivity contribution is 5.94. The second-order valence-corrected chi connectivity index (χ2v) is 5.08. The van der Waals surface area contributed by atoms with E-state index in [0.717, 1.165) is 16.7 Å². The molecule has 0 atom stereocenters. The molecule has 0 amide bonds. The van der Waals surface area contributed by atoms with Crippen molar-refractivity contribution in [1.29, 1.82) is 0 Å². The fourth-order valence-corrected chi connectivity index (χ4v) is 2.38. The molecule has 0 spiro atoms. The second-order valence-electron chi connectivity index (χ2n) is 5.08. The largest absolute Gasteiger partial charge is 0.295 e. The Labute approximate surface area is 124 Å². The normalized spacial score (nSPS) is 10.3. The first kappa shape index (κ1) is 13.3. The highest BCUT2D eigenvalue weighted by atomic mass is 16.1. The molecular weight excluding hydrogens is 256 g/mol. The van der Waals surface area contributed by atoms with Gasteiger partial charge in [-0.1, -0.05) is 78.9 Å². The fourth-order valence-electron chi connectivity index (χ4n) is 2.38. The molecule has 0 bridgehead atoms. The Bertz CT molecular complexity index is 738. The Morgan fingerprint density at radius 2 is 0.952 bits per heavy atom. The highest BCUT2D eigenvalue weighted by Gasteiger charge is 2.02. The molecule has 21 heavy (non-hydrogen) atoms. The molecule has 0 N–H and O–H groups in total. The predicted molar refractivity (Wildman–Crippen MR) is 87.3 cm³/mol. The van der Waals surface area contributed by atoms with E-state index in [1.54, 1.807) is 6.92 Å². The van der Waals surface area contributed by atoms with Crippen molar-refractivity contribution in [1.82, 2.24) is 0 Å². The summed E-state index contributed by atoms with van der Waals surface area (Å²) >= 11 is 0. The minimum Gasteiger partial charge on any atom is -0.295 e. The first-order chi connectivity index (χ1) is 10.2. The van der Waals surface area contributed by atoms with E-state index in [-0.39, 0.29) is 5.78 Å². The van der Waals surface area contributed by atoms with E-state index >= 15 is 0 Å². The Balaban J connectivity index is 1.89. The van der Waals surface area contributed by atoms with Crippen LogP contribution in [0.2, 0.25) is 0 Å². The molecule has 0 unspecified atom stereocenters. The molecule has 0 aliphatic heterocycles. The molecule has 3 aromatic carbocycles. The maximum Gasteiger partial charge on any atom is 0.159 e. The summed E-state index contributed by atoms with van der Waals surface area (Å²) in [5, 5.41) is 0. The molecule has 0 aliphatic carbocycles. The van der Waals surface area contributed by atoms with E-state index in [9.17, 15) is 4.79 Å². The van der Waals surface area contributed by atoms with Crippen LogP contribution in [0.25, 0.3) is 22.3 Å². The van der Waals surface area contributed by atoms with Crippen LogP contribution in [0.15, 0.2) is 78.9 Å². The second kappa shape index (κ2) is 5.76. The number of rotatable bonds is 3. The molecule has 0 heterocycles. The van der Waals surface area contributed by atoms with Gasteiger partial charge < -0.3 is 0 Å². The first-order valence-electron chi connectivity index (χ1n) is 7.01. The van der Waals surface area contributed by atoms with Crippen molar-refractivity contribution in [2.45, 2.75) is 6.92 Å². The molecule has 0 fully saturated rings. The minimum atomic E-state index is 0.0981. The highest BCUT2D eigenvalue weighted by Crippen LogP contribution is 2.25. The van der Waals surface area contributed by atoms with E-state index in [0.29, 0.717) is 0 Å². The fraction of sp³-hybridized carbons (Fsp3) is 0.0500. The van der Waals surface area contributed by atoms with Gasteiger partial charge in [0.05, 0.1) is 0 Å². The van der Waals surface area contributed by atoms with E-state index in [1.165, 1.54) is 11.1 Å². The van der Waals surface area contributed by atoms with Crippen LogP contribution < -0.4 is 0 Å². The summed E-state index contributed by atoms with van der Waals surface area (Å²) in [4.78, 5) is 11.3. The number of carbonyl (C=O) groups excluding carboxylic acids is 1. The molecule has 3 aromatic rings. The molecule has 1 nitrogen and oxygen atoms in total.